The summed E-state index contributed by atoms with van der Waals surface area (Å²) in [5.74, 6) is 2.79. The van der Waals surface area contributed by atoms with Gasteiger partial charge in [-0.25, -0.2) is 9.97 Å². The lowest BCUT2D eigenvalue weighted by Crippen LogP contribution is -2.15. The van der Waals surface area contributed by atoms with Crippen LogP contribution < -0.4 is 4.74 Å². The molecule has 0 amide bonds. The van der Waals surface area contributed by atoms with Crippen LogP contribution in [0.3, 0.4) is 0 Å². The lowest BCUT2D eigenvalue weighted by molar-refractivity contribution is 0.250. The second-order valence-electron chi connectivity index (χ2n) is 9.02. The molecular weight excluding hydrogens is 368 g/mol. The Morgan fingerprint density at radius 2 is 1.63 bits per heavy atom. The topological polar surface area (TPSA) is 35.0 Å². The van der Waals surface area contributed by atoms with Gasteiger partial charge in [0.15, 0.2) is 0 Å². The predicted octanol–water partition coefficient (Wildman–Crippen LogP) is 7.64. The number of rotatable bonds is 12. The van der Waals surface area contributed by atoms with E-state index in [0.29, 0.717) is 0 Å². The molecule has 1 aliphatic carbocycles. The average molecular weight is 409 g/mol. The van der Waals surface area contributed by atoms with E-state index in [1.54, 1.807) is 6.33 Å². The number of para-hydroxylation sites is 1. The van der Waals surface area contributed by atoms with Crippen molar-refractivity contribution in [3.8, 4) is 17.0 Å². The molecule has 0 bridgehead atoms. The van der Waals surface area contributed by atoms with Gasteiger partial charge in [0.1, 0.15) is 12.1 Å². The number of benzene rings is 1. The maximum absolute atomic E-state index is 6.13. The third-order valence-electron chi connectivity index (χ3n) is 6.69. The van der Waals surface area contributed by atoms with Gasteiger partial charge in [-0.05, 0) is 48.8 Å². The summed E-state index contributed by atoms with van der Waals surface area (Å²) in [7, 11) is 0. The predicted molar refractivity (Wildman–Crippen MR) is 126 cm³/mol. The second-order valence-corrected chi connectivity index (χ2v) is 9.02. The minimum atomic E-state index is 0.770. The van der Waals surface area contributed by atoms with Crippen LogP contribution in [-0.2, 0) is 6.42 Å². The van der Waals surface area contributed by atoms with Crippen LogP contribution in [0.1, 0.15) is 90.0 Å². The van der Waals surface area contributed by atoms with Crippen LogP contribution in [0.15, 0.2) is 36.8 Å². The number of unbranched alkanes of at least 4 members (excludes halogenated alkanes) is 3. The zero-order chi connectivity index (χ0) is 21.0. The van der Waals surface area contributed by atoms with E-state index < -0.39 is 0 Å². The summed E-state index contributed by atoms with van der Waals surface area (Å²) < 4.78 is 6.13. The third kappa shape index (κ3) is 6.82. The van der Waals surface area contributed by atoms with Gasteiger partial charge in [0.2, 0.25) is 0 Å². The molecule has 0 N–H and O–H groups in total. The van der Waals surface area contributed by atoms with E-state index in [4.69, 9.17) is 4.74 Å². The standard InChI is InChI=1S/C27H40N2O/c1-3-5-9-19-30-26-12-8-7-11-25(26)27-24(20-28-21-29-27)18-17-23-15-13-22(14-16-23)10-6-4-2/h7-8,11-12,20-23H,3-6,9-10,13-19H2,1-2H3. The highest BCUT2D eigenvalue weighted by Crippen LogP contribution is 2.36. The molecule has 1 heterocycles. The van der Waals surface area contributed by atoms with Crippen molar-refractivity contribution >= 4 is 0 Å². The van der Waals surface area contributed by atoms with Crippen LogP contribution in [0.5, 0.6) is 5.75 Å². The fraction of sp³-hybridized carbons (Fsp3) is 0.630. The molecule has 1 fully saturated rings. The van der Waals surface area contributed by atoms with Crippen molar-refractivity contribution < 1.29 is 4.74 Å². The van der Waals surface area contributed by atoms with E-state index >= 15 is 0 Å². The Bertz CT molecular complexity index is 737. The molecule has 0 aliphatic heterocycles. The van der Waals surface area contributed by atoms with E-state index in [9.17, 15) is 0 Å². The largest absolute Gasteiger partial charge is 0.493 e. The summed E-state index contributed by atoms with van der Waals surface area (Å²) >= 11 is 0. The van der Waals surface area contributed by atoms with Crippen molar-refractivity contribution in [3.63, 3.8) is 0 Å². The number of aryl methyl sites for hydroxylation is 1. The maximum atomic E-state index is 6.13. The van der Waals surface area contributed by atoms with Gasteiger partial charge >= 0.3 is 0 Å². The molecule has 0 unspecified atom stereocenters. The van der Waals surface area contributed by atoms with Crippen molar-refractivity contribution in [1.29, 1.82) is 0 Å². The van der Waals surface area contributed by atoms with E-state index in [2.05, 4.69) is 48.1 Å². The van der Waals surface area contributed by atoms with E-state index in [1.807, 2.05) is 6.20 Å². The molecule has 164 valence electrons. The van der Waals surface area contributed by atoms with Crippen molar-refractivity contribution in [1.82, 2.24) is 9.97 Å². The van der Waals surface area contributed by atoms with Gasteiger partial charge < -0.3 is 4.74 Å². The number of hydrogen-bond acceptors (Lipinski definition) is 3. The Labute approximate surface area is 183 Å². The van der Waals surface area contributed by atoms with Gasteiger partial charge in [-0.2, -0.15) is 0 Å². The first-order chi connectivity index (χ1) is 14.8. The van der Waals surface area contributed by atoms with Crippen LogP contribution >= 0.6 is 0 Å². The highest BCUT2D eigenvalue weighted by atomic mass is 16.5. The van der Waals surface area contributed by atoms with Gasteiger partial charge in [-0.15, -0.1) is 0 Å². The summed E-state index contributed by atoms with van der Waals surface area (Å²) in [6.07, 6.45) is 19.3. The van der Waals surface area contributed by atoms with E-state index in [-0.39, 0.29) is 0 Å². The molecule has 3 nitrogen and oxygen atoms in total. The Kier molecular flexibility index (Phi) is 9.66. The Morgan fingerprint density at radius 1 is 0.900 bits per heavy atom. The average Bonchev–Trinajstić information content (AvgIpc) is 2.80. The summed E-state index contributed by atoms with van der Waals surface area (Å²) in [5, 5.41) is 0. The number of nitrogens with zero attached hydrogens (tertiary/aromatic N) is 2. The Morgan fingerprint density at radius 3 is 2.40 bits per heavy atom. The molecular formula is C27H40N2O. The molecule has 0 atom stereocenters. The summed E-state index contributed by atoms with van der Waals surface area (Å²) in [5.41, 5.74) is 3.41. The van der Waals surface area contributed by atoms with Gasteiger partial charge in [-0.3, -0.25) is 0 Å². The Balaban J connectivity index is 1.60. The molecule has 3 heteroatoms. The number of hydrogen-bond donors (Lipinski definition) is 0. The molecule has 1 aliphatic rings. The zero-order valence-corrected chi connectivity index (χ0v) is 19.1. The van der Waals surface area contributed by atoms with Gasteiger partial charge in [0.05, 0.1) is 12.3 Å². The second kappa shape index (κ2) is 12.7. The maximum Gasteiger partial charge on any atom is 0.128 e. The number of aromatic nitrogens is 2. The molecule has 0 spiro atoms. The first kappa shape index (κ1) is 22.8. The zero-order valence-electron chi connectivity index (χ0n) is 19.1. The van der Waals surface area contributed by atoms with Crippen LogP contribution in [0, 0.1) is 11.8 Å². The highest BCUT2D eigenvalue weighted by Gasteiger charge is 2.21. The molecule has 0 saturated heterocycles. The van der Waals surface area contributed by atoms with Crippen LogP contribution in [-0.4, -0.2) is 16.6 Å². The Hall–Kier alpha value is -1.90. The highest BCUT2D eigenvalue weighted by molar-refractivity contribution is 5.69. The van der Waals surface area contributed by atoms with Crippen molar-refractivity contribution in [2.45, 2.75) is 90.9 Å². The van der Waals surface area contributed by atoms with Crippen molar-refractivity contribution in [2.24, 2.45) is 11.8 Å². The molecule has 1 aromatic heterocycles. The smallest absolute Gasteiger partial charge is 0.128 e. The fourth-order valence-electron chi connectivity index (χ4n) is 4.77. The molecule has 30 heavy (non-hydrogen) atoms. The molecule has 1 saturated carbocycles. The molecule has 0 radical (unpaired) electrons. The van der Waals surface area contributed by atoms with Crippen molar-refractivity contribution in [2.75, 3.05) is 6.61 Å². The lowest BCUT2D eigenvalue weighted by Gasteiger charge is -2.28. The number of ether oxygens (including phenoxy) is 1. The minimum Gasteiger partial charge on any atom is -0.493 e. The van der Waals surface area contributed by atoms with Crippen molar-refractivity contribution in [3.05, 3.63) is 42.4 Å². The van der Waals surface area contributed by atoms with Gasteiger partial charge in [0, 0.05) is 11.8 Å². The van der Waals surface area contributed by atoms with Gasteiger partial charge in [0.25, 0.3) is 0 Å². The molecule has 1 aromatic carbocycles. The molecule has 2 aromatic rings. The minimum absolute atomic E-state index is 0.770. The van der Waals surface area contributed by atoms with Gasteiger partial charge in [-0.1, -0.05) is 83.8 Å². The summed E-state index contributed by atoms with van der Waals surface area (Å²) in [6.45, 7) is 5.30. The summed E-state index contributed by atoms with van der Waals surface area (Å²) in [4.78, 5) is 9.02. The SMILES string of the molecule is CCCCCOc1ccccc1-c1ncncc1CCC1CCC(CCCC)CC1. The van der Waals surface area contributed by atoms with Crippen LogP contribution in [0.2, 0.25) is 0 Å². The third-order valence-corrected chi connectivity index (χ3v) is 6.69. The first-order valence-corrected chi connectivity index (χ1v) is 12.3. The fourth-order valence-corrected chi connectivity index (χ4v) is 4.77. The quantitative estimate of drug-likeness (QED) is 0.338. The van der Waals surface area contributed by atoms with E-state index in [0.717, 1.165) is 48.3 Å². The van der Waals surface area contributed by atoms with Crippen LogP contribution in [0.4, 0.5) is 0 Å². The summed E-state index contributed by atoms with van der Waals surface area (Å²) in [6, 6.07) is 8.35. The molecule has 3 rings (SSSR count). The van der Waals surface area contributed by atoms with E-state index in [1.165, 1.54) is 69.8 Å². The van der Waals surface area contributed by atoms with Crippen LogP contribution in [0.25, 0.3) is 11.3 Å². The normalized spacial score (nSPS) is 19.0. The monoisotopic (exact) mass is 408 g/mol. The first-order valence-electron chi connectivity index (χ1n) is 12.3. The lowest BCUT2D eigenvalue weighted by atomic mass is 9.78.